The first kappa shape index (κ1) is 16.5. The smallest absolute Gasteiger partial charge is 0.0317 e. The third kappa shape index (κ3) is 5.59. The minimum Gasteiger partial charge on any atom is -0.399 e. The molecule has 0 aliphatic carbocycles. The van der Waals surface area contributed by atoms with Gasteiger partial charge in [-0.1, -0.05) is 12.1 Å². The van der Waals surface area contributed by atoms with Crippen molar-refractivity contribution < 1.29 is 0 Å². The lowest BCUT2D eigenvalue weighted by Crippen LogP contribution is -2.27. The van der Waals surface area contributed by atoms with Crippen molar-refractivity contribution in [1.29, 1.82) is 0 Å². The maximum atomic E-state index is 5.76. The highest BCUT2D eigenvalue weighted by Crippen LogP contribution is 2.10. The third-order valence-corrected chi connectivity index (χ3v) is 2.79. The number of hydrogen-bond donors (Lipinski definition) is 2. The average molecular weight is 278 g/mol. The van der Waals surface area contributed by atoms with E-state index in [2.05, 4.69) is 22.3 Å². The molecule has 1 fully saturated rings. The van der Waals surface area contributed by atoms with E-state index >= 15 is 0 Å². The molecule has 1 heterocycles. The van der Waals surface area contributed by atoms with Crippen LogP contribution in [0.15, 0.2) is 24.3 Å². The van der Waals surface area contributed by atoms with Crippen LogP contribution in [0, 0.1) is 0 Å². The average Bonchev–Trinajstić information content (AvgIpc) is 2.46. The lowest BCUT2D eigenvalue weighted by atomic mass is 10.2. The molecule has 1 aromatic rings. The molecule has 1 saturated heterocycles. The normalized spacial score (nSPS) is 16.5. The number of halogens is 2. The van der Waals surface area contributed by atoms with Gasteiger partial charge in [-0.05, 0) is 37.2 Å². The Morgan fingerprint density at radius 1 is 1.18 bits per heavy atom. The van der Waals surface area contributed by atoms with Gasteiger partial charge in [-0.15, -0.1) is 24.8 Å². The summed E-state index contributed by atoms with van der Waals surface area (Å²) in [5.74, 6) is 0. The summed E-state index contributed by atoms with van der Waals surface area (Å²) in [5.41, 5.74) is 7.94. The molecule has 3 N–H and O–H groups in total. The van der Waals surface area contributed by atoms with Crippen LogP contribution in [0.2, 0.25) is 0 Å². The molecule has 0 amide bonds. The fourth-order valence-electron chi connectivity index (χ4n) is 2.01. The molecule has 1 aromatic carbocycles. The van der Waals surface area contributed by atoms with E-state index in [4.69, 9.17) is 5.73 Å². The Bertz CT molecular complexity index is 312. The van der Waals surface area contributed by atoms with Gasteiger partial charge in [0.15, 0.2) is 0 Å². The molecule has 0 spiro atoms. The Labute approximate surface area is 116 Å². The Morgan fingerprint density at radius 3 is 2.76 bits per heavy atom. The third-order valence-electron chi connectivity index (χ3n) is 2.79. The summed E-state index contributed by atoms with van der Waals surface area (Å²) in [6.07, 6.45) is 1.24. The predicted molar refractivity (Wildman–Crippen MR) is 78.1 cm³/mol. The van der Waals surface area contributed by atoms with Crippen LogP contribution in [0.1, 0.15) is 12.0 Å². The molecule has 1 aliphatic rings. The van der Waals surface area contributed by atoms with Crippen molar-refractivity contribution in [2.24, 2.45) is 0 Å². The van der Waals surface area contributed by atoms with Crippen LogP contribution in [0.4, 0.5) is 5.69 Å². The number of hydrogen-bond acceptors (Lipinski definition) is 3. The number of nitrogens with two attached hydrogens (primary N) is 1. The maximum absolute atomic E-state index is 5.76. The van der Waals surface area contributed by atoms with E-state index in [1.165, 1.54) is 18.5 Å². The van der Waals surface area contributed by atoms with Crippen LogP contribution in [-0.2, 0) is 6.54 Å². The zero-order chi connectivity index (χ0) is 10.5. The van der Waals surface area contributed by atoms with Crippen molar-refractivity contribution in [1.82, 2.24) is 10.2 Å². The lowest BCUT2D eigenvalue weighted by molar-refractivity contribution is 0.284. The molecular weight excluding hydrogens is 257 g/mol. The van der Waals surface area contributed by atoms with E-state index < -0.39 is 0 Å². The summed E-state index contributed by atoms with van der Waals surface area (Å²) < 4.78 is 0. The molecule has 0 unspecified atom stereocenters. The van der Waals surface area contributed by atoms with Gasteiger partial charge in [0.1, 0.15) is 0 Å². The summed E-state index contributed by atoms with van der Waals surface area (Å²) in [7, 11) is 0. The van der Waals surface area contributed by atoms with Gasteiger partial charge in [0.05, 0.1) is 0 Å². The van der Waals surface area contributed by atoms with Crippen molar-refractivity contribution in [3.05, 3.63) is 29.8 Å². The van der Waals surface area contributed by atoms with Crippen molar-refractivity contribution in [2.75, 3.05) is 31.9 Å². The molecular formula is C12H21Cl2N3. The zero-order valence-corrected chi connectivity index (χ0v) is 11.5. The highest BCUT2D eigenvalue weighted by atomic mass is 35.5. The summed E-state index contributed by atoms with van der Waals surface area (Å²) in [6.45, 7) is 5.58. The molecule has 2 rings (SSSR count). The highest BCUT2D eigenvalue weighted by molar-refractivity contribution is 5.85. The van der Waals surface area contributed by atoms with Crippen LogP contribution in [0.25, 0.3) is 0 Å². The summed E-state index contributed by atoms with van der Waals surface area (Å²) in [5, 5.41) is 3.41. The van der Waals surface area contributed by atoms with Crippen LogP contribution in [0.5, 0.6) is 0 Å². The van der Waals surface area contributed by atoms with E-state index in [1.54, 1.807) is 0 Å². The molecule has 17 heavy (non-hydrogen) atoms. The van der Waals surface area contributed by atoms with Crippen LogP contribution in [0.3, 0.4) is 0 Å². The zero-order valence-electron chi connectivity index (χ0n) is 9.89. The van der Waals surface area contributed by atoms with Gasteiger partial charge >= 0.3 is 0 Å². The van der Waals surface area contributed by atoms with Gasteiger partial charge in [-0.25, -0.2) is 0 Å². The largest absolute Gasteiger partial charge is 0.399 e. The van der Waals surface area contributed by atoms with E-state index in [0.717, 1.165) is 31.9 Å². The van der Waals surface area contributed by atoms with Gasteiger partial charge in [-0.3, -0.25) is 4.90 Å². The first-order valence-corrected chi connectivity index (χ1v) is 5.62. The van der Waals surface area contributed by atoms with E-state index in [9.17, 15) is 0 Å². The van der Waals surface area contributed by atoms with Crippen molar-refractivity contribution >= 4 is 30.5 Å². The Hall–Kier alpha value is -0.480. The summed E-state index contributed by atoms with van der Waals surface area (Å²) in [6, 6.07) is 8.18. The number of benzene rings is 1. The van der Waals surface area contributed by atoms with Crippen molar-refractivity contribution in [3.8, 4) is 0 Å². The Morgan fingerprint density at radius 2 is 2.00 bits per heavy atom. The molecule has 3 nitrogen and oxygen atoms in total. The Balaban J connectivity index is 0.00000128. The fraction of sp³-hybridized carbons (Fsp3) is 0.500. The number of rotatable bonds is 2. The maximum Gasteiger partial charge on any atom is 0.0317 e. The SMILES string of the molecule is Cl.Cl.Nc1cccc(CN2CCCNCC2)c1. The van der Waals surface area contributed by atoms with Gasteiger partial charge in [0, 0.05) is 25.3 Å². The first-order chi connectivity index (χ1) is 7.34. The first-order valence-electron chi connectivity index (χ1n) is 5.62. The minimum atomic E-state index is 0. The predicted octanol–water partition coefficient (Wildman–Crippen LogP) is 1.91. The Kier molecular flexibility index (Phi) is 8.35. The number of anilines is 1. The summed E-state index contributed by atoms with van der Waals surface area (Å²) >= 11 is 0. The second-order valence-electron chi connectivity index (χ2n) is 4.12. The lowest BCUT2D eigenvalue weighted by Gasteiger charge is -2.19. The van der Waals surface area contributed by atoms with Crippen molar-refractivity contribution in [3.63, 3.8) is 0 Å². The van der Waals surface area contributed by atoms with E-state index in [1.807, 2.05) is 12.1 Å². The molecule has 0 radical (unpaired) electrons. The van der Waals surface area contributed by atoms with E-state index in [-0.39, 0.29) is 24.8 Å². The minimum absolute atomic E-state index is 0. The number of nitrogens with one attached hydrogen (secondary N) is 1. The van der Waals surface area contributed by atoms with E-state index in [0.29, 0.717) is 0 Å². The van der Waals surface area contributed by atoms with Crippen LogP contribution < -0.4 is 11.1 Å². The monoisotopic (exact) mass is 277 g/mol. The highest BCUT2D eigenvalue weighted by Gasteiger charge is 2.08. The number of nitrogens with zero attached hydrogens (tertiary/aromatic N) is 1. The fourth-order valence-corrected chi connectivity index (χ4v) is 2.01. The molecule has 0 bridgehead atoms. The van der Waals surface area contributed by atoms with Crippen molar-refractivity contribution in [2.45, 2.75) is 13.0 Å². The van der Waals surface area contributed by atoms with Gasteiger partial charge in [0.2, 0.25) is 0 Å². The van der Waals surface area contributed by atoms with Gasteiger partial charge in [0.25, 0.3) is 0 Å². The summed E-state index contributed by atoms with van der Waals surface area (Å²) in [4.78, 5) is 2.48. The topological polar surface area (TPSA) is 41.3 Å². The van der Waals surface area contributed by atoms with Gasteiger partial charge in [-0.2, -0.15) is 0 Å². The molecule has 5 heteroatoms. The second-order valence-corrected chi connectivity index (χ2v) is 4.12. The molecule has 0 atom stereocenters. The van der Waals surface area contributed by atoms with Gasteiger partial charge < -0.3 is 11.1 Å². The molecule has 0 saturated carbocycles. The molecule has 98 valence electrons. The van der Waals surface area contributed by atoms with Crippen LogP contribution in [-0.4, -0.2) is 31.1 Å². The number of nitrogen functional groups attached to an aromatic ring is 1. The van der Waals surface area contributed by atoms with Crippen LogP contribution >= 0.6 is 24.8 Å². The second kappa shape index (κ2) is 8.59. The molecule has 1 aliphatic heterocycles. The quantitative estimate of drug-likeness (QED) is 0.812. The standard InChI is InChI=1S/C12H19N3.2ClH/c13-12-4-1-3-11(9-12)10-15-7-2-5-14-6-8-15;;/h1,3-4,9,14H,2,5-8,10,13H2;2*1H. The molecule has 0 aromatic heterocycles.